The van der Waals surface area contributed by atoms with E-state index in [9.17, 15) is 9.59 Å². The number of likely N-dealkylation sites (tertiary alicyclic amines) is 1. The molecule has 7 heteroatoms. The Bertz CT molecular complexity index is 440. The molecular weight excluding hydrogens is 320 g/mol. The number of quaternary nitrogens is 1. The predicted molar refractivity (Wildman–Crippen MR) is 94.5 cm³/mol. The molecule has 0 spiro atoms. The van der Waals surface area contributed by atoms with Gasteiger partial charge in [0.05, 0.1) is 26.3 Å². The van der Waals surface area contributed by atoms with Crippen molar-refractivity contribution < 1.29 is 19.2 Å². The number of carbonyl (C=O) groups is 2. The standard InChI is InChI=1S/C18H32N4O3/c23-17(22-10-12-25-13-11-22)14-21-8-6-16(7-9-21)20-18(24)19-15-4-2-1-3-5-15/h15-16H,1-14H2,(H2,19,20,24)/p+1. The maximum Gasteiger partial charge on any atom is 0.315 e. The largest absolute Gasteiger partial charge is 0.378 e. The van der Waals surface area contributed by atoms with Crippen LogP contribution in [0.4, 0.5) is 4.79 Å². The van der Waals surface area contributed by atoms with Crippen molar-refractivity contribution >= 4 is 11.9 Å². The van der Waals surface area contributed by atoms with Crippen molar-refractivity contribution in [3.8, 4) is 0 Å². The van der Waals surface area contributed by atoms with E-state index < -0.39 is 0 Å². The molecule has 25 heavy (non-hydrogen) atoms. The molecule has 3 aliphatic rings. The summed E-state index contributed by atoms with van der Waals surface area (Å²) in [5.74, 6) is 0.236. The lowest BCUT2D eigenvalue weighted by molar-refractivity contribution is -0.897. The number of hydrogen-bond acceptors (Lipinski definition) is 3. The van der Waals surface area contributed by atoms with E-state index in [-0.39, 0.29) is 18.0 Å². The normalized spacial score (nSPS) is 28.4. The summed E-state index contributed by atoms with van der Waals surface area (Å²) in [5.41, 5.74) is 0. The first kappa shape index (κ1) is 18.5. The van der Waals surface area contributed by atoms with Gasteiger partial charge in [-0.2, -0.15) is 0 Å². The molecule has 142 valence electrons. The van der Waals surface area contributed by atoms with Gasteiger partial charge in [-0.3, -0.25) is 4.79 Å². The molecule has 0 aromatic rings. The highest BCUT2D eigenvalue weighted by Crippen LogP contribution is 2.17. The number of carbonyl (C=O) groups excluding carboxylic acids is 2. The van der Waals surface area contributed by atoms with Crippen LogP contribution in [0.3, 0.4) is 0 Å². The number of nitrogens with one attached hydrogen (secondary N) is 3. The van der Waals surface area contributed by atoms with Crippen molar-refractivity contribution in [1.29, 1.82) is 0 Å². The van der Waals surface area contributed by atoms with Gasteiger partial charge in [-0.25, -0.2) is 4.79 Å². The van der Waals surface area contributed by atoms with Crippen LogP contribution in [0.2, 0.25) is 0 Å². The molecule has 0 aromatic heterocycles. The Morgan fingerprint density at radius 3 is 2.16 bits per heavy atom. The second-order valence-electron chi connectivity index (χ2n) is 7.65. The van der Waals surface area contributed by atoms with Crippen molar-refractivity contribution in [2.24, 2.45) is 0 Å². The first-order chi connectivity index (χ1) is 12.2. The first-order valence-corrected chi connectivity index (χ1v) is 9.97. The number of morpholine rings is 1. The van der Waals surface area contributed by atoms with Gasteiger partial charge in [0.25, 0.3) is 5.91 Å². The number of hydrogen-bond donors (Lipinski definition) is 3. The summed E-state index contributed by atoms with van der Waals surface area (Å²) in [6, 6.07) is 0.584. The minimum atomic E-state index is -0.00950. The molecular formula is C18H33N4O3+. The zero-order valence-corrected chi connectivity index (χ0v) is 15.2. The zero-order chi connectivity index (χ0) is 17.5. The lowest BCUT2D eigenvalue weighted by atomic mass is 9.96. The molecule has 0 atom stereocenters. The maximum atomic E-state index is 12.3. The van der Waals surface area contributed by atoms with E-state index in [1.165, 1.54) is 24.2 Å². The number of ether oxygens (including phenoxy) is 1. The van der Waals surface area contributed by atoms with Crippen LogP contribution in [-0.2, 0) is 9.53 Å². The number of amides is 3. The van der Waals surface area contributed by atoms with Gasteiger partial charge in [0, 0.05) is 38.0 Å². The molecule has 2 heterocycles. The van der Waals surface area contributed by atoms with Crippen LogP contribution in [0.25, 0.3) is 0 Å². The minimum Gasteiger partial charge on any atom is -0.378 e. The summed E-state index contributed by atoms with van der Waals surface area (Å²) in [6.07, 6.45) is 7.87. The molecule has 2 saturated heterocycles. The van der Waals surface area contributed by atoms with Crippen molar-refractivity contribution in [3.63, 3.8) is 0 Å². The molecule has 0 radical (unpaired) electrons. The maximum absolute atomic E-state index is 12.3. The minimum absolute atomic E-state index is 0.00950. The monoisotopic (exact) mass is 353 g/mol. The van der Waals surface area contributed by atoms with Crippen LogP contribution in [0, 0.1) is 0 Å². The topological polar surface area (TPSA) is 75.1 Å². The van der Waals surface area contributed by atoms with Gasteiger partial charge in [0.1, 0.15) is 0 Å². The van der Waals surface area contributed by atoms with Crippen LogP contribution < -0.4 is 15.5 Å². The lowest BCUT2D eigenvalue weighted by Gasteiger charge is -2.32. The number of rotatable bonds is 4. The van der Waals surface area contributed by atoms with Crippen LogP contribution in [0.1, 0.15) is 44.9 Å². The Morgan fingerprint density at radius 2 is 1.52 bits per heavy atom. The summed E-state index contributed by atoms with van der Waals surface area (Å²) in [7, 11) is 0. The molecule has 0 unspecified atom stereocenters. The quantitative estimate of drug-likeness (QED) is 0.639. The highest BCUT2D eigenvalue weighted by atomic mass is 16.5. The van der Waals surface area contributed by atoms with Gasteiger partial charge < -0.3 is 25.2 Å². The van der Waals surface area contributed by atoms with E-state index in [1.54, 1.807) is 0 Å². The zero-order valence-electron chi connectivity index (χ0n) is 15.2. The second-order valence-corrected chi connectivity index (χ2v) is 7.65. The molecule has 0 aromatic carbocycles. The van der Waals surface area contributed by atoms with Gasteiger partial charge in [0.15, 0.2) is 6.54 Å². The highest BCUT2D eigenvalue weighted by molar-refractivity contribution is 5.77. The molecule has 1 saturated carbocycles. The summed E-state index contributed by atoms with van der Waals surface area (Å²) in [4.78, 5) is 27.7. The molecule has 1 aliphatic carbocycles. The van der Waals surface area contributed by atoms with E-state index in [1.807, 2.05) is 4.90 Å². The first-order valence-electron chi connectivity index (χ1n) is 9.97. The smallest absolute Gasteiger partial charge is 0.315 e. The molecule has 7 nitrogen and oxygen atoms in total. The molecule has 0 bridgehead atoms. The summed E-state index contributed by atoms with van der Waals surface area (Å²) in [5, 5.41) is 6.25. The Morgan fingerprint density at radius 1 is 0.920 bits per heavy atom. The van der Waals surface area contributed by atoms with Crippen LogP contribution >= 0.6 is 0 Å². The fraction of sp³-hybridized carbons (Fsp3) is 0.889. The van der Waals surface area contributed by atoms with E-state index in [4.69, 9.17) is 4.74 Å². The third kappa shape index (κ3) is 5.85. The van der Waals surface area contributed by atoms with Crippen molar-refractivity contribution in [3.05, 3.63) is 0 Å². The third-order valence-corrected chi connectivity index (χ3v) is 5.73. The van der Waals surface area contributed by atoms with Gasteiger partial charge in [-0.15, -0.1) is 0 Å². The predicted octanol–water partition coefficient (Wildman–Crippen LogP) is -0.476. The van der Waals surface area contributed by atoms with E-state index in [0.29, 0.717) is 25.8 Å². The molecule has 3 fully saturated rings. The summed E-state index contributed by atoms with van der Waals surface area (Å²) >= 11 is 0. The Kier molecular flexibility index (Phi) is 6.93. The van der Waals surface area contributed by atoms with Gasteiger partial charge >= 0.3 is 6.03 Å². The number of nitrogens with zero attached hydrogens (tertiary/aromatic N) is 1. The Hall–Kier alpha value is -1.34. The Balaban J connectivity index is 1.32. The lowest BCUT2D eigenvalue weighted by Crippen LogP contribution is -3.14. The van der Waals surface area contributed by atoms with Crippen molar-refractivity contribution in [1.82, 2.24) is 15.5 Å². The third-order valence-electron chi connectivity index (χ3n) is 5.73. The number of piperidine rings is 1. The summed E-state index contributed by atoms with van der Waals surface area (Å²) < 4.78 is 5.30. The van der Waals surface area contributed by atoms with Gasteiger partial charge in [-0.1, -0.05) is 19.3 Å². The van der Waals surface area contributed by atoms with Crippen LogP contribution in [0.5, 0.6) is 0 Å². The van der Waals surface area contributed by atoms with E-state index in [2.05, 4.69) is 10.6 Å². The highest BCUT2D eigenvalue weighted by Gasteiger charge is 2.27. The van der Waals surface area contributed by atoms with Crippen molar-refractivity contribution in [2.75, 3.05) is 45.9 Å². The van der Waals surface area contributed by atoms with Gasteiger partial charge in [0.2, 0.25) is 0 Å². The van der Waals surface area contributed by atoms with Gasteiger partial charge in [-0.05, 0) is 12.8 Å². The van der Waals surface area contributed by atoms with Crippen LogP contribution in [-0.4, -0.2) is 74.9 Å². The SMILES string of the molecule is O=C(NC1CCCCC1)NC1CC[NH+](CC(=O)N2CCOCC2)CC1. The molecule has 3 amide bonds. The van der Waals surface area contributed by atoms with Crippen LogP contribution in [0.15, 0.2) is 0 Å². The fourth-order valence-corrected chi connectivity index (χ4v) is 4.14. The Labute approximate surface area is 150 Å². The molecule has 3 rings (SSSR count). The van der Waals surface area contributed by atoms with E-state index in [0.717, 1.165) is 51.9 Å². The van der Waals surface area contributed by atoms with Crippen molar-refractivity contribution in [2.45, 2.75) is 57.0 Å². The second kappa shape index (κ2) is 9.38. The average molecular weight is 353 g/mol. The average Bonchev–Trinajstić information content (AvgIpc) is 2.65. The number of urea groups is 1. The fourth-order valence-electron chi connectivity index (χ4n) is 4.14. The molecule has 3 N–H and O–H groups in total. The summed E-state index contributed by atoms with van der Waals surface area (Å²) in [6.45, 7) is 5.22. The van der Waals surface area contributed by atoms with E-state index >= 15 is 0 Å². The molecule has 2 aliphatic heterocycles.